The van der Waals surface area contributed by atoms with Crippen LogP contribution in [-0.4, -0.2) is 26.2 Å². The van der Waals surface area contributed by atoms with Gasteiger partial charge in [0.05, 0.1) is 12.1 Å². The molecule has 6 heteroatoms. The summed E-state index contributed by atoms with van der Waals surface area (Å²) in [6.45, 7) is 1.92. The van der Waals surface area contributed by atoms with Gasteiger partial charge in [-0.15, -0.1) is 0 Å². The van der Waals surface area contributed by atoms with E-state index in [9.17, 15) is 9.59 Å². The zero-order valence-electron chi connectivity index (χ0n) is 10.5. The van der Waals surface area contributed by atoms with Gasteiger partial charge >= 0.3 is 5.97 Å². The quantitative estimate of drug-likeness (QED) is 0.843. The van der Waals surface area contributed by atoms with Crippen LogP contribution in [-0.2, 0) is 10.5 Å². The van der Waals surface area contributed by atoms with E-state index >= 15 is 0 Å². The van der Waals surface area contributed by atoms with Crippen LogP contribution < -0.4 is 5.56 Å². The van der Waals surface area contributed by atoms with Gasteiger partial charge in [-0.1, -0.05) is 6.07 Å². The van der Waals surface area contributed by atoms with Crippen molar-refractivity contribution in [1.29, 1.82) is 0 Å². The first kappa shape index (κ1) is 13.6. The van der Waals surface area contributed by atoms with Gasteiger partial charge in [0.2, 0.25) is 0 Å². The molecule has 0 aliphatic heterocycles. The minimum atomic E-state index is -0.811. The Labute approximate surface area is 114 Å². The highest BCUT2D eigenvalue weighted by atomic mass is 32.2. The number of nitrogens with zero attached hydrogens (tertiary/aromatic N) is 2. The largest absolute Gasteiger partial charge is 0.481 e. The number of hydrogen-bond donors (Lipinski definition) is 1. The zero-order valence-corrected chi connectivity index (χ0v) is 11.3. The van der Waals surface area contributed by atoms with Crippen LogP contribution in [0.1, 0.15) is 17.7 Å². The van der Waals surface area contributed by atoms with Crippen molar-refractivity contribution in [3.05, 3.63) is 46.0 Å². The van der Waals surface area contributed by atoms with E-state index in [1.807, 2.05) is 19.1 Å². The molecule has 2 aromatic rings. The van der Waals surface area contributed by atoms with Gasteiger partial charge < -0.3 is 5.11 Å². The summed E-state index contributed by atoms with van der Waals surface area (Å²) in [5, 5.41) is 8.54. The van der Waals surface area contributed by atoms with Crippen molar-refractivity contribution in [2.75, 3.05) is 5.75 Å². The minimum absolute atomic E-state index is 0.109. The molecule has 0 saturated carbocycles. The Hall–Kier alpha value is -1.82. The molecular formula is C13H14N2O3S. The van der Waals surface area contributed by atoms with E-state index < -0.39 is 5.97 Å². The highest BCUT2D eigenvalue weighted by molar-refractivity contribution is 7.98. The Kier molecular flexibility index (Phi) is 4.21. The maximum atomic E-state index is 11.9. The fraction of sp³-hybridized carbons (Fsp3) is 0.308. The van der Waals surface area contributed by atoms with Gasteiger partial charge in [0.15, 0.2) is 0 Å². The lowest BCUT2D eigenvalue weighted by Gasteiger charge is -2.04. The van der Waals surface area contributed by atoms with E-state index in [1.54, 1.807) is 6.20 Å². The fourth-order valence-corrected chi connectivity index (χ4v) is 2.49. The summed E-state index contributed by atoms with van der Waals surface area (Å²) >= 11 is 1.46. The van der Waals surface area contributed by atoms with Crippen LogP contribution >= 0.6 is 11.8 Å². The van der Waals surface area contributed by atoms with Crippen LogP contribution in [0.2, 0.25) is 0 Å². The molecule has 0 radical (unpaired) electrons. The first-order chi connectivity index (χ1) is 9.06. The molecule has 0 spiro atoms. The number of aliphatic carboxylic acids is 1. The number of aromatic nitrogens is 2. The van der Waals surface area contributed by atoms with Crippen molar-refractivity contribution in [1.82, 2.24) is 9.38 Å². The highest BCUT2D eigenvalue weighted by Gasteiger charge is 2.03. The molecular weight excluding hydrogens is 264 g/mol. The molecule has 0 saturated heterocycles. The van der Waals surface area contributed by atoms with E-state index in [-0.39, 0.29) is 12.0 Å². The Morgan fingerprint density at radius 1 is 1.47 bits per heavy atom. The number of rotatable bonds is 5. The maximum absolute atomic E-state index is 11.9. The molecule has 0 unspecified atom stereocenters. The van der Waals surface area contributed by atoms with Crippen LogP contribution in [0.3, 0.4) is 0 Å². The average Bonchev–Trinajstić information content (AvgIpc) is 2.35. The van der Waals surface area contributed by atoms with Gasteiger partial charge in [-0.25, -0.2) is 4.98 Å². The van der Waals surface area contributed by atoms with Crippen molar-refractivity contribution < 1.29 is 9.90 Å². The Bertz CT molecular complexity index is 666. The lowest BCUT2D eigenvalue weighted by Crippen LogP contribution is -2.15. The number of thioether (sulfide) groups is 1. The third kappa shape index (κ3) is 3.57. The number of carboxylic acid groups (broad SMARTS) is 1. The number of fused-ring (bicyclic) bond motifs is 1. The van der Waals surface area contributed by atoms with Crippen LogP contribution in [0.5, 0.6) is 0 Å². The van der Waals surface area contributed by atoms with Crippen LogP contribution in [0.25, 0.3) is 5.65 Å². The van der Waals surface area contributed by atoms with E-state index in [0.29, 0.717) is 22.8 Å². The number of carboxylic acids is 1. The summed E-state index contributed by atoms with van der Waals surface area (Å²) in [6, 6.07) is 5.21. The average molecular weight is 278 g/mol. The summed E-state index contributed by atoms with van der Waals surface area (Å²) in [4.78, 5) is 26.7. The van der Waals surface area contributed by atoms with E-state index in [4.69, 9.17) is 5.11 Å². The normalized spacial score (nSPS) is 10.8. The van der Waals surface area contributed by atoms with E-state index in [1.165, 1.54) is 22.2 Å². The van der Waals surface area contributed by atoms with Gasteiger partial charge in [0.1, 0.15) is 5.65 Å². The molecule has 2 heterocycles. The Morgan fingerprint density at radius 2 is 2.26 bits per heavy atom. The molecule has 5 nitrogen and oxygen atoms in total. The standard InChI is InChI=1S/C13H14N2O3S/c1-9-2-3-11-14-10(6-12(16)15(11)7-9)8-19-5-4-13(17)18/h2-3,6-7H,4-5,8H2,1H3,(H,17,18). The van der Waals surface area contributed by atoms with Crippen LogP contribution in [0.4, 0.5) is 0 Å². The summed E-state index contributed by atoms with van der Waals surface area (Å²) in [5.41, 5.74) is 2.19. The van der Waals surface area contributed by atoms with Gasteiger partial charge in [-0.2, -0.15) is 11.8 Å². The van der Waals surface area contributed by atoms with E-state index in [2.05, 4.69) is 4.98 Å². The number of carbonyl (C=O) groups is 1. The molecule has 2 aromatic heterocycles. The molecule has 0 bridgehead atoms. The molecule has 19 heavy (non-hydrogen) atoms. The van der Waals surface area contributed by atoms with Crippen LogP contribution in [0, 0.1) is 6.92 Å². The predicted octanol–water partition coefficient (Wildman–Crippen LogP) is 1.71. The van der Waals surface area contributed by atoms with Crippen molar-refractivity contribution in [2.24, 2.45) is 0 Å². The van der Waals surface area contributed by atoms with E-state index in [0.717, 1.165) is 5.56 Å². The SMILES string of the molecule is Cc1ccc2nc(CSCCC(=O)O)cc(=O)n2c1. The van der Waals surface area contributed by atoms with Crippen molar-refractivity contribution in [3.8, 4) is 0 Å². The first-order valence-corrected chi connectivity index (χ1v) is 7.00. The maximum Gasteiger partial charge on any atom is 0.304 e. The van der Waals surface area contributed by atoms with Crippen molar-refractivity contribution in [2.45, 2.75) is 19.1 Å². The minimum Gasteiger partial charge on any atom is -0.481 e. The molecule has 0 aliphatic rings. The van der Waals surface area contributed by atoms with Crippen molar-refractivity contribution >= 4 is 23.4 Å². The highest BCUT2D eigenvalue weighted by Crippen LogP contribution is 2.11. The summed E-state index contributed by atoms with van der Waals surface area (Å²) < 4.78 is 1.51. The number of hydrogen-bond acceptors (Lipinski definition) is 4. The third-order valence-electron chi connectivity index (χ3n) is 2.57. The second-order valence-corrected chi connectivity index (χ2v) is 5.32. The summed E-state index contributed by atoms with van der Waals surface area (Å²) in [6.07, 6.45) is 1.88. The molecule has 0 atom stereocenters. The molecule has 0 amide bonds. The number of pyridine rings is 1. The summed E-state index contributed by atoms with van der Waals surface area (Å²) in [5.74, 6) is 0.256. The topological polar surface area (TPSA) is 71.7 Å². The predicted molar refractivity (Wildman–Crippen MR) is 74.6 cm³/mol. The fourth-order valence-electron chi connectivity index (χ4n) is 1.67. The Balaban J connectivity index is 2.15. The number of aryl methyl sites for hydroxylation is 1. The lowest BCUT2D eigenvalue weighted by molar-refractivity contribution is -0.136. The molecule has 2 rings (SSSR count). The van der Waals surface area contributed by atoms with Gasteiger partial charge in [0.25, 0.3) is 5.56 Å². The smallest absolute Gasteiger partial charge is 0.304 e. The Morgan fingerprint density at radius 3 is 3.00 bits per heavy atom. The second-order valence-electron chi connectivity index (χ2n) is 4.22. The van der Waals surface area contributed by atoms with Gasteiger partial charge in [0, 0.05) is 23.8 Å². The van der Waals surface area contributed by atoms with Gasteiger partial charge in [-0.3, -0.25) is 14.0 Å². The lowest BCUT2D eigenvalue weighted by atomic mass is 10.3. The first-order valence-electron chi connectivity index (χ1n) is 5.85. The van der Waals surface area contributed by atoms with Crippen molar-refractivity contribution in [3.63, 3.8) is 0 Å². The molecule has 0 aliphatic carbocycles. The molecule has 1 N–H and O–H groups in total. The second kappa shape index (κ2) is 5.88. The monoisotopic (exact) mass is 278 g/mol. The zero-order chi connectivity index (χ0) is 13.8. The molecule has 100 valence electrons. The molecule has 0 fully saturated rings. The summed E-state index contributed by atoms with van der Waals surface area (Å²) in [7, 11) is 0. The van der Waals surface area contributed by atoms with Crippen LogP contribution in [0.15, 0.2) is 29.2 Å². The molecule has 0 aromatic carbocycles. The van der Waals surface area contributed by atoms with Gasteiger partial charge in [-0.05, 0) is 18.6 Å². The third-order valence-corrected chi connectivity index (χ3v) is 3.56.